The molecule has 0 amide bonds. The average molecular weight is 185 g/mol. The number of fused-ring (bicyclic) bond motifs is 1. The average Bonchev–Trinajstić information content (AvgIpc) is 2.68. The van der Waals surface area contributed by atoms with E-state index in [0.29, 0.717) is 12.6 Å². The molecule has 0 aromatic rings. The second kappa shape index (κ2) is 2.67. The van der Waals surface area contributed by atoms with E-state index in [1.54, 1.807) is 0 Å². The molecule has 0 saturated carbocycles. The van der Waals surface area contributed by atoms with Gasteiger partial charge in [-0.25, -0.2) is 4.39 Å². The van der Waals surface area contributed by atoms with Crippen molar-refractivity contribution in [3.05, 3.63) is 0 Å². The van der Waals surface area contributed by atoms with Gasteiger partial charge in [-0.15, -0.1) is 0 Å². The van der Waals surface area contributed by atoms with Gasteiger partial charge in [0, 0.05) is 12.1 Å². The molecule has 0 bridgehead atoms. The van der Waals surface area contributed by atoms with E-state index >= 15 is 0 Å². The lowest BCUT2D eigenvalue weighted by Gasteiger charge is -2.30. The molecule has 3 heteroatoms. The molecule has 1 unspecified atom stereocenters. The third-order valence-electron chi connectivity index (χ3n) is 3.77. The molecule has 0 spiro atoms. The SMILES string of the molecule is F[C@H]1CN2CCC[C@@]2(CC2CO2)C1. The van der Waals surface area contributed by atoms with Gasteiger partial charge < -0.3 is 4.74 Å². The summed E-state index contributed by atoms with van der Waals surface area (Å²) in [4.78, 5) is 2.36. The van der Waals surface area contributed by atoms with Crippen LogP contribution in [0.2, 0.25) is 0 Å². The van der Waals surface area contributed by atoms with Gasteiger partial charge in [-0.2, -0.15) is 0 Å². The van der Waals surface area contributed by atoms with Gasteiger partial charge >= 0.3 is 0 Å². The summed E-state index contributed by atoms with van der Waals surface area (Å²) < 4.78 is 18.5. The van der Waals surface area contributed by atoms with E-state index in [0.717, 1.165) is 26.0 Å². The van der Waals surface area contributed by atoms with Crippen molar-refractivity contribution in [1.82, 2.24) is 4.90 Å². The largest absolute Gasteiger partial charge is 0.373 e. The standard InChI is InChI=1S/C10H16FNO/c11-8-4-10(5-9-7-13-9)2-1-3-12(10)6-8/h8-9H,1-7H2/t8-,9?,10+/m1/s1. The molecule has 0 N–H and O–H groups in total. The molecule has 74 valence electrons. The Balaban J connectivity index is 1.76. The number of epoxide rings is 1. The maximum Gasteiger partial charge on any atom is 0.115 e. The van der Waals surface area contributed by atoms with E-state index in [2.05, 4.69) is 4.90 Å². The first kappa shape index (κ1) is 8.18. The second-order valence-corrected chi connectivity index (χ2v) is 4.73. The molecule has 3 heterocycles. The molecule has 0 aromatic carbocycles. The van der Waals surface area contributed by atoms with E-state index in [-0.39, 0.29) is 5.54 Å². The summed E-state index contributed by atoms with van der Waals surface area (Å²) in [5.74, 6) is 0. The van der Waals surface area contributed by atoms with Crippen molar-refractivity contribution in [3.63, 3.8) is 0 Å². The van der Waals surface area contributed by atoms with Crippen molar-refractivity contribution in [2.45, 2.75) is 43.5 Å². The predicted octanol–water partition coefficient (Wildman–Crippen LogP) is 1.35. The molecule has 3 saturated heterocycles. The van der Waals surface area contributed by atoms with E-state index in [1.807, 2.05) is 0 Å². The maximum absolute atomic E-state index is 13.3. The molecule has 0 radical (unpaired) electrons. The summed E-state index contributed by atoms with van der Waals surface area (Å²) in [5, 5.41) is 0. The second-order valence-electron chi connectivity index (χ2n) is 4.73. The number of hydrogen-bond donors (Lipinski definition) is 0. The van der Waals surface area contributed by atoms with Crippen LogP contribution in [0.1, 0.15) is 25.7 Å². The minimum atomic E-state index is -0.584. The van der Waals surface area contributed by atoms with Crippen molar-refractivity contribution >= 4 is 0 Å². The highest BCUT2D eigenvalue weighted by molar-refractivity contribution is 5.05. The third-order valence-corrected chi connectivity index (χ3v) is 3.77. The number of alkyl halides is 1. The Morgan fingerprint density at radius 2 is 2.38 bits per heavy atom. The topological polar surface area (TPSA) is 15.8 Å². The fourth-order valence-electron chi connectivity index (χ4n) is 3.15. The van der Waals surface area contributed by atoms with Crippen LogP contribution >= 0.6 is 0 Å². The molecule has 13 heavy (non-hydrogen) atoms. The lowest BCUT2D eigenvalue weighted by Crippen LogP contribution is -2.39. The highest BCUT2D eigenvalue weighted by atomic mass is 19.1. The number of nitrogens with zero attached hydrogens (tertiary/aromatic N) is 1. The first-order valence-electron chi connectivity index (χ1n) is 5.29. The summed E-state index contributed by atoms with van der Waals surface area (Å²) in [6.07, 6.45) is 4.14. The Kier molecular flexibility index (Phi) is 1.68. The summed E-state index contributed by atoms with van der Waals surface area (Å²) in [5.41, 5.74) is 0.195. The Morgan fingerprint density at radius 1 is 1.54 bits per heavy atom. The molecule has 3 rings (SSSR count). The van der Waals surface area contributed by atoms with Crippen LogP contribution in [0.4, 0.5) is 4.39 Å². The van der Waals surface area contributed by atoms with Gasteiger partial charge in [-0.3, -0.25) is 4.90 Å². The Morgan fingerprint density at radius 3 is 3.15 bits per heavy atom. The lowest BCUT2D eigenvalue weighted by molar-refractivity contribution is 0.166. The molecule has 0 aromatic heterocycles. The first-order chi connectivity index (χ1) is 6.28. The smallest absolute Gasteiger partial charge is 0.115 e. The van der Waals surface area contributed by atoms with Crippen LogP contribution in [0.25, 0.3) is 0 Å². The van der Waals surface area contributed by atoms with Crippen LogP contribution in [0.15, 0.2) is 0 Å². The molecule has 3 atom stereocenters. The summed E-state index contributed by atoms with van der Waals surface area (Å²) >= 11 is 0. The highest BCUT2D eigenvalue weighted by Gasteiger charge is 2.51. The zero-order valence-corrected chi connectivity index (χ0v) is 7.84. The zero-order chi connectivity index (χ0) is 8.89. The fourth-order valence-corrected chi connectivity index (χ4v) is 3.15. The molecule has 3 fully saturated rings. The normalized spacial score (nSPS) is 49.6. The van der Waals surface area contributed by atoms with E-state index in [1.165, 1.54) is 12.8 Å². The lowest BCUT2D eigenvalue weighted by atomic mass is 9.88. The van der Waals surface area contributed by atoms with Gasteiger partial charge in [0.1, 0.15) is 6.17 Å². The number of ether oxygens (including phenoxy) is 1. The fraction of sp³-hybridized carbons (Fsp3) is 1.00. The van der Waals surface area contributed by atoms with Crippen LogP contribution in [-0.2, 0) is 4.74 Å². The van der Waals surface area contributed by atoms with E-state index in [9.17, 15) is 4.39 Å². The molecule has 2 nitrogen and oxygen atoms in total. The molecular formula is C10H16FNO. The Hall–Kier alpha value is -0.150. The van der Waals surface area contributed by atoms with Crippen LogP contribution in [-0.4, -0.2) is 42.4 Å². The molecular weight excluding hydrogens is 169 g/mol. The maximum atomic E-state index is 13.3. The van der Waals surface area contributed by atoms with Gasteiger partial charge in [0.15, 0.2) is 0 Å². The Bertz CT molecular complexity index is 219. The van der Waals surface area contributed by atoms with Crippen molar-refractivity contribution < 1.29 is 9.13 Å². The number of rotatable bonds is 2. The Labute approximate surface area is 78.0 Å². The third kappa shape index (κ3) is 1.29. The van der Waals surface area contributed by atoms with Crippen LogP contribution < -0.4 is 0 Å². The predicted molar refractivity (Wildman–Crippen MR) is 47.4 cm³/mol. The quantitative estimate of drug-likeness (QED) is 0.604. The first-order valence-corrected chi connectivity index (χ1v) is 5.29. The minimum absolute atomic E-state index is 0.195. The zero-order valence-electron chi connectivity index (χ0n) is 7.84. The number of halogens is 1. The molecule has 0 aliphatic carbocycles. The van der Waals surface area contributed by atoms with Crippen LogP contribution in [0, 0.1) is 0 Å². The van der Waals surface area contributed by atoms with Crippen molar-refractivity contribution in [3.8, 4) is 0 Å². The summed E-state index contributed by atoms with van der Waals surface area (Å²) in [6.45, 7) is 2.69. The molecule has 3 aliphatic heterocycles. The summed E-state index contributed by atoms with van der Waals surface area (Å²) in [6, 6.07) is 0. The van der Waals surface area contributed by atoms with E-state index < -0.39 is 6.17 Å². The highest BCUT2D eigenvalue weighted by Crippen LogP contribution is 2.44. The summed E-state index contributed by atoms with van der Waals surface area (Å²) in [7, 11) is 0. The van der Waals surface area contributed by atoms with Gasteiger partial charge in [-0.1, -0.05) is 0 Å². The van der Waals surface area contributed by atoms with Gasteiger partial charge in [0.2, 0.25) is 0 Å². The minimum Gasteiger partial charge on any atom is -0.373 e. The monoisotopic (exact) mass is 185 g/mol. The van der Waals surface area contributed by atoms with Gasteiger partial charge in [0.05, 0.1) is 12.7 Å². The van der Waals surface area contributed by atoms with Crippen molar-refractivity contribution in [2.75, 3.05) is 19.7 Å². The van der Waals surface area contributed by atoms with E-state index in [4.69, 9.17) is 4.74 Å². The number of hydrogen-bond acceptors (Lipinski definition) is 2. The van der Waals surface area contributed by atoms with Crippen LogP contribution in [0.3, 0.4) is 0 Å². The van der Waals surface area contributed by atoms with Gasteiger partial charge in [0.25, 0.3) is 0 Å². The van der Waals surface area contributed by atoms with Crippen molar-refractivity contribution in [2.24, 2.45) is 0 Å². The van der Waals surface area contributed by atoms with Gasteiger partial charge in [-0.05, 0) is 32.2 Å². The molecule has 3 aliphatic rings. The van der Waals surface area contributed by atoms with Crippen molar-refractivity contribution in [1.29, 1.82) is 0 Å². The van der Waals surface area contributed by atoms with Crippen LogP contribution in [0.5, 0.6) is 0 Å².